The van der Waals surface area contributed by atoms with Crippen LogP contribution in [-0.4, -0.2) is 31.8 Å². The van der Waals surface area contributed by atoms with Gasteiger partial charge < -0.3 is 10.1 Å². The van der Waals surface area contributed by atoms with Gasteiger partial charge in [-0.25, -0.2) is 18.1 Å². The topological polar surface area (TPSA) is 114 Å². The summed E-state index contributed by atoms with van der Waals surface area (Å²) in [7, 11) is -4.11. The summed E-state index contributed by atoms with van der Waals surface area (Å²) < 4.78 is 32.5. The van der Waals surface area contributed by atoms with Gasteiger partial charge in [-0.05, 0) is 56.3 Å². The lowest BCUT2D eigenvalue weighted by Gasteiger charge is -2.10. The van der Waals surface area contributed by atoms with E-state index in [-0.39, 0.29) is 16.4 Å². The molecule has 0 aliphatic carbocycles. The third kappa shape index (κ3) is 5.46. The van der Waals surface area contributed by atoms with Crippen LogP contribution in [0.3, 0.4) is 0 Å². The van der Waals surface area contributed by atoms with Crippen molar-refractivity contribution in [2.45, 2.75) is 18.7 Å². The molecule has 2 N–H and O–H groups in total. The summed E-state index contributed by atoms with van der Waals surface area (Å²) in [6.45, 7) is 3.82. The minimum Gasteiger partial charge on any atom is -0.478 e. The Bertz CT molecular complexity index is 1190. The van der Waals surface area contributed by atoms with Crippen LogP contribution in [0.2, 0.25) is 0 Å². The van der Waals surface area contributed by atoms with Crippen LogP contribution in [0, 0.1) is 6.92 Å². The molecule has 0 aliphatic rings. The Morgan fingerprint density at radius 3 is 2.23 bits per heavy atom. The fraction of sp³-hybridized carbons (Fsp3) is 0.136. The number of carbonyl (C=O) groups is 2. The summed E-state index contributed by atoms with van der Waals surface area (Å²) in [6.07, 6.45) is 0. The number of rotatable bonds is 7. The van der Waals surface area contributed by atoms with Gasteiger partial charge in [0.1, 0.15) is 0 Å². The van der Waals surface area contributed by atoms with E-state index in [1.807, 2.05) is 11.6 Å². The Morgan fingerprint density at radius 2 is 1.61 bits per heavy atom. The number of nitrogens with one attached hydrogen (secondary N) is 2. The van der Waals surface area contributed by atoms with E-state index in [4.69, 9.17) is 4.74 Å². The zero-order valence-corrected chi connectivity index (χ0v) is 17.8. The van der Waals surface area contributed by atoms with Gasteiger partial charge in [0.05, 0.1) is 22.8 Å². The first-order valence-electron chi connectivity index (χ1n) is 9.44. The molecule has 9 heteroatoms. The number of amides is 2. The molecular formula is C22H21N3O5S. The number of aryl methyl sites for hydroxylation is 1. The van der Waals surface area contributed by atoms with E-state index in [1.54, 1.807) is 37.3 Å². The Morgan fingerprint density at radius 1 is 0.935 bits per heavy atom. The molecule has 0 saturated carbocycles. The van der Waals surface area contributed by atoms with Crippen molar-refractivity contribution in [3.63, 3.8) is 0 Å². The third-order valence-electron chi connectivity index (χ3n) is 4.28. The number of hydrogen-bond acceptors (Lipinski definition) is 6. The Balaban J connectivity index is 1.70. The molecule has 2 aromatic carbocycles. The maximum Gasteiger partial charge on any atom is 0.266 e. The summed E-state index contributed by atoms with van der Waals surface area (Å²) in [4.78, 5) is 28.7. The fourth-order valence-corrected chi connectivity index (χ4v) is 3.72. The summed E-state index contributed by atoms with van der Waals surface area (Å²) >= 11 is 0. The van der Waals surface area contributed by atoms with Crippen molar-refractivity contribution in [2.24, 2.45) is 0 Å². The second-order valence-electron chi connectivity index (χ2n) is 6.49. The van der Waals surface area contributed by atoms with Gasteiger partial charge in [0.25, 0.3) is 21.8 Å². The number of benzene rings is 2. The highest BCUT2D eigenvalue weighted by Gasteiger charge is 2.21. The molecule has 0 bridgehead atoms. The lowest BCUT2D eigenvalue weighted by molar-refractivity contribution is 0.0978. The van der Waals surface area contributed by atoms with E-state index in [9.17, 15) is 18.0 Å². The molecule has 1 heterocycles. The van der Waals surface area contributed by atoms with Gasteiger partial charge in [0, 0.05) is 17.3 Å². The van der Waals surface area contributed by atoms with Gasteiger partial charge in [-0.1, -0.05) is 18.2 Å². The minimum atomic E-state index is -4.11. The van der Waals surface area contributed by atoms with E-state index >= 15 is 0 Å². The molecule has 0 atom stereocenters. The molecule has 2 amide bonds. The van der Waals surface area contributed by atoms with Gasteiger partial charge in [-0.15, -0.1) is 0 Å². The lowest BCUT2D eigenvalue weighted by Crippen LogP contribution is -2.31. The van der Waals surface area contributed by atoms with Crippen LogP contribution in [0.5, 0.6) is 5.88 Å². The average molecular weight is 439 g/mol. The quantitative estimate of drug-likeness (QED) is 0.584. The van der Waals surface area contributed by atoms with Crippen LogP contribution in [-0.2, 0) is 10.0 Å². The maximum absolute atomic E-state index is 12.6. The number of carbonyl (C=O) groups excluding carboxylic acids is 2. The molecule has 0 aliphatic heterocycles. The molecule has 31 heavy (non-hydrogen) atoms. The molecule has 3 aromatic rings. The fourth-order valence-electron chi connectivity index (χ4n) is 2.75. The standard InChI is InChI=1S/C22H21N3O5S/c1-3-30-20-14-13-19(15(2)23-20)22(27)25-31(28,29)18-11-9-17(10-12-18)24-21(26)16-7-5-4-6-8-16/h4-14H,3H2,1-2H3,(H,24,26)(H,25,27). The van der Waals surface area contributed by atoms with Crippen molar-refractivity contribution >= 4 is 27.5 Å². The Kier molecular flexibility index (Phi) is 6.66. The smallest absolute Gasteiger partial charge is 0.266 e. The van der Waals surface area contributed by atoms with Gasteiger partial charge in [0.15, 0.2) is 0 Å². The highest BCUT2D eigenvalue weighted by atomic mass is 32.2. The summed E-state index contributed by atoms with van der Waals surface area (Å²) in [5.41, 5.74) is 1.37. The van der Waals surface area contributed by atoms with Gasteiger partial charge >= 0.3 is 0 Å². The third-order valence-corrected chi connectivity index (χ3v) is 5.63. The maximum atomic E-state index is 12.6. The number of hydrogen-bond donors (Lipinski definition) is 2. The largest absolute Gasteiger partial charge is 0.478 e. The monoisotopic (exact) mass is 439 g/mol. The van der Waals surface area contributed by atoms with Gasteiger partial charge in [-0.2, -0.15) is 0 Å². The van der Waals surface area contributed by atoms with E-state index < -0.39 is 15.9 Å². The van der Waals surface area contributed by atoms with Crippen molar-refractivity contribution < 1.29 is 22.7 Å². The SMILES string of the molecule is CCOc1ccc(C(=O)NS(=O)(=O)c2ccc(NC(=O)c3ccccc3)cc2)c(C)n1. The van der Waals surface area contributed by atoms with Crippen LogP contribution in [0.1, 0.15) is 33.3 Å². The highest BCUT2D eigenvalue weighted by Crippen LogP contribution is 2.17. The van der Waals surface area contributed by atoms with Gasteiger partial charge in [-0.3, -0.25) is 9.59 Å². The molecule has 8 nitrogen and oxygen atoms in total. The van der Waals surface area contributed by atoms with Crippen molar-refractivity contribution in [1.29, 1.82) is 0 Å². The Hall–Kier alpha value is -3.72. The molecule has 0 radical (unpaired) electrons. The zero-order valence-electron chi connectivity index (χ0n) is 17.0. The van der Waals surface area contributed by atoms with Crippen molar-refractivity contribution in [2.75, 3.05) is 11.9 Å². The Labute approximate surface area is 180 Å². The molecule has 1 aromatic heterocycles. The minimum absolute atomic E-state index is 0.116. The number of sulfonamides is 1. The summed E-state index contributed by atoms with van der Waals surface area (Å²) in [6, 6.07) is 17.1. The number of anilines is 1. The normalized spacial score (nSPS) is 10.9. The number of aromatic nitrogens is 1. The number of ether oxygens (including phenoxy) is 1. The first kappa shape index (κ1) is 22.0. The average Bonchev–Trinajstić information content (AvgIpc) is 2.74. The molecule has 0 spiro atoms. The first-order valence-corrected chi connectivity index (χ1v) is 10.9. The summed E-state index contributed by atoms with van der Waals surface area (Å²) in [5, 5.41) is 2.69. The molecule has 0 saturated heterocycles. The number of pyridine rings is 1. The second-order valence-corrected chi connectivity index (χ2v) is 8.18. The lowest BCUT2D eigenvalue weighted by atomic mass is 10.2. The second kappa shape index (κ2) is 9.40. The van der Waals surface area contributed by atoms with Crippen LogP contribution in [0.4, 0.5) is 5.69 Å². The van der Waals surface area contributed by atoms with Crippen LogP contribution < -0.4 is 14.8 Å². The van der Waals surface area contributed by atoms with Crippen molar-refractivity contribution in [3.8, 4) is 5.88 Å². The molecule has 0 unspecified atom stereocenters. The van der Waals surface area contributed by atoms with E-state index in [0.29, 0.717) is 29.4 Å². The van der Waals surface area contributed by atoms with Crippen molar-refractivity contribution in [3.05, 3.63) is 83.6 Å². The highest BCUT2D eigenvalue weighted by molar-refractivity contribution is 7.90. The first-order chi connectivity index (χ1) is 14.8. The van der Waals surface area contributed by atoms with E-state index in [0.717, 1.165) is 0 Å². The van der Waals surface area contributed by atoms with Gasteiger partial charge in [0.2, 0.25) is 5.88 Å². The van der Waals surface area contributed by atoms with Crippen LogP contribution >= 0.6 is 0 Å². The van der Waals surface area contributed by atoms with Crippen LogP contribution in [0.25, 0.3) is 0 Å². The molecule has 3 rings (SSSR count). The molecular weight excluding hydrogens is 418 g/mol. The van der Waals surface area contributed by atoms with E-state index in [2.05, 4.69) is 10.3 Å². The summed E-state index contributed by atoms with van der Waals surface area (Å²) in [5.74, 6) is -0.759. The zero-order chi connectivity index (χ0) is 22.4. The number of nitrogens with zero attached hydrogens (tertiary/aromatic N) is 1. The van der Waals surface area contributed by atoms with E-state index in [1.165, 1.54) is 36.4 Å². The molecule has 160 valence electrons. The van der Waals surface area contributed by atoms with Crippen molar-refractivity contribution in [1.82, 2.24) is 9.71 Å². The predicted molar refractivity (Wildman–Crippen MR) is 116 cm³/mol. The predicted octanol–water partition coefficient (Wildman–Crippen LogP) is 3.16. The van der Waals surface area contributed by atoms with Crippen LogP contribution in [0.15, 0.2) is 71.6 Å². The molecule has 0 fully saturated rings.